The summed E-state index contributed by atoms with van der Waals surface area (Å²) >= 11 is 5.94. The van der Waals surface area contributed by atoms with Gasteiger partial charge in [-0.3, -0.25) is 9.78 Å². The van der Waals surface area contributed by atoms with Crippen LogP contribution in [0.15, 0.2) is 42.6 Å². The van der Waals surface area contributed by atoms with E-state index >= 15 is 0 Å². The minimum atomic E-state index is 0.0555. The highest BCUT2D eigenvalue weighted by Crippen LogP contribution is 2.33. The Bertz CT molecular complexity index is 637. The Hall–Kier alpha value is -1.87. The SMILES string of the molecule is Cc1ccc(C(=O)N2CCC[C@@H]2c2ccc(Cl)cc2)cn1. The first-order valence-corrected chi connectivity index (χ1v) is 7.52. The second-order valence-corrected chi connectivity index (χ2v) is 5.83. The molecule has 0 bridgehead atoms. The molecule has 3 nitrogen and oxygen atoms in total. The lowest BCUT2D eigenvalue weighted by Crippen LogP contribution is -2.30. The van der Waals surface area contributed by atoms with Crippen molar-refractivity contribution in [3.63, 3.8) is 0 Å². The summed E-state index contributed by atoms with van der Waals surface area (Å²) in [5, 5.41) is 0.720. The highest BCUT2D eigenvalue weighted by Gasteiger charge is 2.30. The molecule has 0 saturated carbocycles. The van der Waals surface area contributed by atoms with Gasteiger partial charge in [0.25, 0.3) is 5.91 Å². The summed E-state index contributed by atoms with van der Waals surface area (Å²) in [4.78, 5) is 18.8. The second kappa shape index (κ2) is 5.86. The fraction of sp³-hybridized carbons (Fsp3) is 0.294. The number of benzene rings is 1. The third-order valence-corrected chi connectivity index (χ3v) is 4.18. The third-order valence-electron chi connectivity index (χ3n) is 3.93. The molecule has 1 atom stereocenters. The average molecular weight is 301 g/mol. The van der Waals surface area contributed by atoms with E-state index in [0.29, 0.717) is 5.56 Å². The van der Waals surface area contributed by atoms with Crippen LogP contribution in [-0.4, -0.2) is 22.3 Å². The highest BCUT2D eigenvalue weighted by atomic mass is 35.5. The van der Waals surface area contributed by atoms with Gasteiger partial charge in [-0.05, 0) is 49.6 Å². The van der Waals surface area contributed by atoms with Crippen LogP contribution < -0.4 is 0 Å². The van der Waals surface area contributed by atoms with E-state index in [9.17, 15) is 4.79 Å². The van der Waals surface area contributed by atoms with Crippen molar-refractivity contribution in [3.05, 3.63) is 64.4 Å². The Morgan fingerprint density at radius 2 is 2.00 bits per heavy atom. The number of aryl methyl sites for hydroxylation is 1. The summed E-state index contributed by atoms with van der Waals surface area (Å²) in [7, 11) is 0. The minimum absolute atomic E-state index is 0.0555. The summed E-state index contributed by atoms with van der Waals surface area (Å²) in [5.74, 6) is 0.0555. The van der Waals surface area contributed by atoms with Crippen molar-refractivity contribution in [1.29, 1.82) is 0 Å². The van der Waals surface area contributed by atoms with Crippen molar-refractivity contribution < 1.29 is 4.79 Å². The van der Waals surface area contributed by atoms with Gasteiger partial charge < -0.3 is 4.90 Å². The Kier molecular flexibility index (Phi) is 3.93. The van der Waals surface area contributed by atoms with Crippen LogP contribution in [0.3, 0.4) is 0 Å². The topological polar surface area (TPSA) is 33.2 Å². The van der Waals surface area contributed by atoms with Gasteiger partial charge in [0, 0.05) is 23.5 Å². The third kappa shape index (κ3) is 2.93. The first-order chi connectivity index (χ1) is 10.1. The zero-order chi connectivity index (χ0) is 14.8. The number of amides is 1. The van der Waals surface area contributed by atoms with Crippen LogP contribution >= 0.6 is 11.6 Å². The molecule has 1 amide bonds. The molecular formula is C17H17ClN2O. The number of carbonyl (C=O) groups is 1. The molecular weight excluding hydrogens is 284 g/mol. The first-order valence-electron chi connectivity index (χ1n) is 7.14. The van der Waals surface area contributed by atoms with Crippen molar-refractivity contribution in [2.24, 2.45) is 0 Å². The Morgan fingerprint density at radius 3 is 2.67 bits per heavy atom. The molecule has 108 valence electrons. The number of rotatable bonds is 2. The van der Waals surface area contributed by atoms with Gasteiger partial charge >= 0.3 is 0 Å². The summed E-state index contributed by atoms with van der Waals surface area (Å²) < 4.78 is 0. The van der Waals surface area contributed by atoms with E-state index in [2.05, 4.69) is 4.98 Å². The number of pyridine rings is 1. The molecule has 2 aromatic rings. The van der Waals surface area contributed by atoms with E-state index in [0.717, 1.165) is 35.7 Å². The molecule has 4 heteroatoms. The summed E-state index contributed by atoms with van der Waals surface area (Å²) in [5.41, 5.74) is 2.72. The normalized spacial score (nSPS) is 18.0. The van der Waals surface area contributed by atoms with Crippen LogP contribution in [0.25, 0.3) is 0 Å². The molecule has 1 fully saturated rings. The van der Waals surface area contributed by atoms with Crippen LogP contribution in [0.2, 0.25) is 5.02 Å². The maximum absolute atomic E-state index is 12.7. The molecule has 1 aromatic carbocycles. The molecule has 1 aliphatic heterocycles. The van der Waals surface area contributed by atoms with E-state index in [1.54, 1.807) is 6.20 Å². The van der Waals surface area contributed by atoms with Gasteiger partial charge in [0.05, 0.1) is 11.6 Å². The molecule has 3 rings (SSSR count). The van der Waals surface area contributed by atoms with Gasteiger partial charge in [-0.2, -0.15) is 0 Å². The number of carbonyl (C=O) groups excluding carboxylic acids is 1. The molecule has 0 aliphatic carbocycles. The fourth-order valence-corrected chi connectivity index (χ4v) is 2.93. The zero-order valence-corrected chi connectivity index (χ0v) is 12.7. The molecule has 21 heavy (non-hydrogen) atoms. The first kappa shape index (κ1) is 14.1. The molecule has 1 aliphatic rings. The summed E-state index contributed by atoms with van der Waals surface area (Å²) in [6.07, 6.45) is 3.68. The smallest absolute Gasteiger partial charge is 0.255 e. The number of nitrogens with zero attached hydrogens (tertiary/aromatic N) is 2. The van der Waals surface area contributed by atoms with Gasteiger partial charge in [-0.15, -0.1) is 0 Å². The van der Waals surface area contributed by atoms with Gasteiger partial charge in [0.1, 0.15) is 0 Å². The molecule has 0 N–H and O–H groups in total. The molecule has 1 aromatic heterocycles. The van der Waals surface area contributed by atoms with Gasteiger partial charge in [0.2, 0.25) is 0 Å². The van der Waals surface area contributed by atoms with Crippen LogP contribution in [0, 0.1) is 6.92 Å². The number of aromatic nitrogens is 1. The number of likely N-dealkylation sites (tertiary alicyclic amines) is 1. The van der Waals surface area contributed by atoms with Crippen LogP contribution in [-0.2, 0) is 0 Å². The lowest BCUT2D eigenvalue weighted by molar-refractivity contribution is 0.0735. The van der Waals surface area contributed by atoms with E-state index in [1.165, 1.54) is 0 Å². The predicted molar refractivity (Wildman–Crippen MR) is 83.4 cm³/mol. The number of halogens is 1. The fourth-order valence-electron chi connectivity index (χ4n) is 2.80. The van der Waals surface area contributed by atoms with Crippen LogP contribution in [0.5, 0.6) is 0 Å². The van der Waals surface area contributed by atoms with E-state index in [1.807, 2.05) is 48.2 Å². The Morgan fingerprint density at radius 1 is 1.24 bits per heavy atom. The molecule has 0 radical (unpaired) electrons. The van der Waals surface area contributed by atoms with Crippen molar-refractivity contribution in [2.75, 3.05) is 6.54 Å². The lowest BCUT2D eigenvalue weighted by atomic mass is 10.0. The standard InChI is InChI=1S/C17H17ClN2O/c1-12-4-5-14(11-19-12)17(21)20-10-2-3-16(20)13-6-8-15(18)9-7-13/h4-9,11,16H,2-3,10H2,1H3/t16-/m1/s1. The number of hydrogen-bond acceptors (Lipinski definition) is 2. The van der Waals surface area contributed by atoms with E-state index < -0.39 is 0 Å². The molecule has 0 unspecified atom stereocenters. The monoisotopic (exact) mass is 300 g/mol. The quantitative estimate of drug-likeness (QED) is 0.839. The number of hydrogen-bond donors (Lipinski definition) is 0. The van der Waals surface area contributed by atoms with E-state index in [-0.39, 0.29) is 11.9 Å². The summed E-state index contributed by atoms with van der Waals surface area (Å²) in [6, 6.07) is 11.6. The lowest BCUT2D eigenvalue weighted by Gasteiger charge is -2.25. The molecule has 0 spiro atoms. The van der Waals surface area contributed by atoms with Crippen molar-refractivity contribution in [3.8, 4) is 0 Å². The van der Waals surface area contributed by atoms with Gasteiger partial charge in [0.15, 0.2) is 0 Å². The van der Waals surface area contributed by atoms with Crippen molar-refractivity contribution >= 4 is 17.5 Å². The molecule has 1 saturated heterocycles. The van der Waals surface area contributed by atoms with Crippen molar-refractivity contribution in [2.45, 2.75) is 25.8 Å². The second-order valence-electron chi connectivity index (χ2n) is 5.40. The summed E-state index contributed by atoms with van der Waals surface area (Å²) in [6.45, 7) is 2.71. The minimum Gasteiger partial charge on any atom is -0.332 e. The van der Waals surface area contributed by atoms with E-state index in [4.69, 9.17) is 11.6 Å². The predicted octanol–water partition coefficient (Wildman–Crippen LogP) is 4.02. The largest absolute Gasteiger partial charge is 0.332 e. The maximum atomic E-state index is 12.7. The molecule has 2 heterocycles. The zero-order valence-electron chi connectivity index (χ0n) is 11.9. The van der Waals surface area contributed by atoms with Gasteiger partial charge in [-0.25, -0.2) is 0 Å². The van der Waals surface area contributed by atoms with Gasteiger partial charge in [-0.1, -0.05) is 23.7 Å². The van der Waals surface area contributed by atoms with Crippen molar-refractivity contribution in [1.82, 2.24) is 9.88 Å². The Balaban J connectivity index is 1.85. The highest BCUT2D eigenvalue weighted by molar-refractivity contribution is 6.30. The van der Waals surface area contributed by atoms with Crippen LogP contribution in [0.4, 0.5) is 0 Å². The average Bonchev–Trinajstić information content (AvgIpc) is 2.97. The Labute approximate surface area is 129 Å². The maximum Gasteiger partial charge on any atom is 0.255 e. The van der Waals surface area contributed by atoms with Crippen LogP contribution in [0.1, 0.15) is 40.5 Å².